The van der Waals surface area contributed by atoms with Crippen molar-refractivity contribution in [2.75, 3.05) is 24.7 Å². The van der Waals surface area contributed by atoms with Crippen LogP contribution in [-0.4, -0.2) is 24.7 Å². The lowest BCUT2D eigenvalue weighted by molar-refractivity contribution is 0.297. The van der Waals surface area contributed by atoms with Gasteiger partial charge in [0.1, 0.15) is 0 Å². The summed E-state index contributed by atoms with van der Waals surface area (Å²) in [5.41, 5.74) is 7.26. The molecule has 1 aliphatic rings. The van der Waals surface area contributed by atoms with Gasteiger partial charge in [-0.25, -0.2) is 0 Å². The van der Waals surface area contributed by atoms with E-state index >= 15 is 0 Å². The average Bonchev–Trinajstić information content (AvgIpc) is 2.60. The molecule has 0 radical (unpaired) electrons. The van der Waals surface area contributed by atoms with Gasteiger partial charge in [0.2, 0.25) is 0 Å². The smallest absolute Gasteiger partial charge is 0.161 e. The van der Waals surface area contributed by atoms with E-state index < -0.39 is 0 Å². The number of rotatable bonds is 4. The zero-order chi connectivity index (χ0) is 12.1. The monoisotopic (exact) mass is 253 g/mol. The van der Waals surface area contributed by atoms with Crippen molar-refractivity contribution in [2.24, 2.45) is 5.73 Å². The molecule has 0 aliphatic carbocycles. The van der Waals surface area contributed by atoms with Crippen LogP contribution in [0.3, 0.4) is 0 Å². The first-order chi connectivity index (χ1) is 8.31. The summed E-state index contributed by atoms with van der Waals surface area (Å²) in [6, 6.07) is 6.08. The van der Waals surface area contributed by atoms with E-state index in [1.807, 2.05) is 30.0 Å². The Morgan fingerprint density at radius 3 is 2.82 bits per heavy atom. The summed E-state index contributed by atoms with van der Waals surface area (Å²) in [6.45, 7) is 3.59. The molecule has 1 aliphatic heterocycles. The molecule has 1 unspecified atom stereocenters. The number of ether oxygens (including phenoxy) is 2. The van der Waals surface area contributed by atoms with E-state index in [0.29, 0.717) is 0 Å². The Labute approximate surface area is 107 Å². The maximum absolute atomic E-state index is 6.14. The number of nitrogens with two attached hydrogens (primary N) is 1. The van der Waals surface area contributed by atoms with Crippen LogP contribution in [0.5, 0.6) is 11.5 Å². The third kappa shape index (κ3) is 3.30. The Kier molecular flexibility index (Phi) is 4.57. The third-order valence-corrected chi connectivity index (χ3v) is 3.70. The minimum Gasteiger partial charge on any atom is -0.490 e. The average molecular weight is 253 g/mol. The van der Waals surface area contributed by atoms with Crippen LogP contribution in [0.15, 0.2) is 18.2 Å². The fourth-order valence-electron chi connectivity index (χ4n) is 1.75. The largest absolute Gasteiger partial charge is 0.490 e. The molecule has 0 aromatic heterocycles. The van der Waals surface area contributed by atoms with Crippen LogP contribution < -0.4 is 15.2 Å². The molecule has 1 atom stereocenters. The second kappa shape index (κ2) is 6.17. The minimum absolute atomic E-state index is 0.0668. The van der Waals surface area contributed by atoms with Gasteiger partial charge in [0.15, 0.2) is 11.5 Å². The number of fused-ring (bicyclic) bond motifs is 1. The number of hydrogen-bond donors (Lipinski definition) is 1. The Morgan fingerprint density at radius 1 is 1.29 bits per heavy atom. The van der Waals surface area contributed by atoms with E-state index in [1.165, 1.54) is 0 Å². The molecule has 0 amide bonds. The second-order valence-electron chi connectivity index (χ2n) is 4.02. The predicted octanol–water partition coefficient (Wildman–Crippen LogP) is 2.60. The Hall–Kier alpha value is -0.870. The highest BCUT2D eigenvalue weighted by molar-refractivity contribution is 7.99. The van der Waals surface area contributed by atoms with Gasteiger partial charge in [-0.2, -0.15) is 11.8 Å². The van der Waals surface area contributed by atoms with E-state index in [9.17, 15) is 0 Å². The molecule has 0 saturated carbocycles. The Bertz CT molecular complexity index is 370. The molecular weight excluding hydrogens is 234 g/mol. The third-order valence-electron chi connectivity index (χ3n) is 2.70. The van der Waals surface area contributed by atoms with Crippen molar-refractivity contribution in [2.45, 2.75) is 19.4 Å². The van der Waals surface area contributed by atoms with Crippen molar-refractivity contribution in [3.63, 3.8) is 0 Å². The van der Waals surface area contributed by atoms with E-state index in [1.54, 1.807) is 0 Å². The van der Waals surface area contributed by atoms with Crippen molar-refractivity contribution >= 4 is 11.8 Å². The normalized spacial score (nSPS) is 16.4. The Balaban J connectivity index is 2.11. The number of thioether (sulfide) groups is 1. The quantitative estimate of drug-likeness (QED) is 0.896. The first-order valence-corrected chi connectivity index (χ1v) is 7.19. The van der Waals surface area contributed by atoms with Gasteiger partial charge < -0.3 is 15.2 Å². The highest BCUT2D eigenvalue weighted by atomic mass is 32.2. The van der Waals surface area contributed by atoms with Crippen LogP contribution in [0.2, 0.25) is 0 Å². The van der Waals surface area contributed by atoms with Gasteiger partial charge >= 0.3 is 0 Å². The number of benzene rings is 1. The predicted molar refractivity (Wildman–Crippen MR) is 72.0 cm³/mol. The van der Waals surface area contributed by atoms with Crippen molar-refractivity contribution in [1.29, 1.82) is 0 Å². The van der Waals surface area contributed by atoms with Gasteiger partial charge in [-0.05, 0) is 23.4 Å². The summed E-state index contributed by atoms with van der Waals surface area (Å²) in [6.07, 6.45) is 0.932. The van der Waals surface area contributed by atoms with Gasteiger partial charge in [0.05, 0.1) is 13.2 Å². The lowest BCUT2D eigenvalue weighted by Gasteiger charge is -2.14. The summed E-state index contributed by atoms with van der Waals surface area (Å²) in [5, 5.41) is 0. The van der Waals surface area contributed by atoms with Crippen LogP contribution in [0, 0.1) is 0 Å². The second-order valence-corrected chi connectivity index (χ2v) is 5.34. The topological polar surface area (TPSA) is 44.5 Å². The Morgan fingerprint density at radius 2 is 2.06 bits per heavy atom. The molecular formula is C13H19NO2S. The first kappa shape index (κ1) is 12.6. The molecule has 1 aromatic rings. The maximum Gasteiger partial charge on any atom is 0.161 e. The van der Waals surface area contributed by atoms with Gasteiger partial charge in [0.25, 0.3) is 0 Å². The zero-order valence-electron chi connectivity index (χ0n) is 10.1. The fourth-order valence-corrected chi connectivity index (χ4v) is 2.43. The molecule has 17 heavy (non-hydrogen) atoms. The zero-order valence-corrected chi connectivity index (χ0v) is 11.0. The fraction of sp³-hybridized carbons (Fsp3) is 0.538. The van der Waals surface area contributed by atoms with Crippen LogP contribution >= 0.6 is 11.8 Å². The van der Waals surface area contributed by atoms with Crippen LogP contribution in [0.4, 0.5) is 0 Å². The van der Waals surface area contributed by atoms with E-state index in [-0.39, 0.29) is 6.04 Å². The highest BCUT2D eigenvalue weighted by Gasteiger charge is 2.13. The van der Waals surface area contributed by atoms with Gasteiger partial charge in [-0.15, -0.1) is 0 Å². The molecule has 0 fully saturated rings. The highest BCUT2D eigenvalue weighted by Crippen LogP contribution is 2.32. The first-order valence-electron chi connectivity index (χ1n) is 6.04. The molecule has 2 rings (SSSR count). The molecule has 0 saturated heterocycles. The van der Waals surface area contributed by atoms with Crippen molar-refractivity contribution in [1.82, 2.24) is 0 Å². The van der Waals surface area contributed by atoms with Gasteiger partial charge in [0, 0.05) is 18.2 Å². The summed E-state index contributed by atoms with van der Waals surface area (Å²) in [5.74, 6) is 3.70. The molecule has 0 bridgehead atoms. The number of hydrogen-bond acceptors (Lipinski definition) is 4. The van der Waals surface area contributed by atoms with E-state index in [2.05, 4.69) is 6.92 Å². The van der Waals surface area contributed by atoms with Crippen molar-refractivity contribution < 1.29 is 9.47 Å². The van der Waals surface area contributed by atoms with E-state index in [0.717, 1.165) is 48.2 Å². The van der Waals surface area contributed by atoms with Crippen molar-refractivity contribution in [3.05, 3.63) is 23.8 Å². The summed E-state index contributed by atoms with van der Waals surface area (Å²) in [4.78, 5) is 0. The summed E-state index contributed by atoms with van der Waals surface area (Å²) in [7, 11) is 0. The van der Waals surface area contributed by atoms with Crippen molar-refractivity contribution in [3.8, 4) is 11.5 Å². The molecule has 2 N–H and O–H groups in total. The molecule has 4 heteroatoms. The summed E-state index contributed by atoms with van der Waals surface area (Å²) < 4.78 is 11.2. The molecule has 0 spiro atoms. The summed E-state index contributed by atoms with van der Waals surface area (Å²) >= 11 is 1.86. The molecule has 1 aromatic carbocycles. The van der Waals surface area contributed by atoms with Crippen LogP contribution in [0.1, 0.15) is 24.9 Å². The van der Waals surface area contributed by atoms with Crippen LogP contribution in [0.25, 0.3) is 0 Å². The standard InChI is InChI=1S/C13H19NO2S/c1-2-17-9-11(14)10-4-5-12-13(8-10)16-7-3-6-15-12/h4-5,8,11H,2-3,6-7,9,14H2,1H3. The van der Waals surface area contributed by atoms with Gasteiger partial charge in [-0.3, -0.25) is 0 Å². The lowest BCUT2D eigenvalue weighted by Crippen LogP contribution is -2.13. The maximum atomic E-state index is 6.14. The molecule has 94 valence electrons. The molecule has 1 heterocycles. The van der Waals surface area contributed by atoms with E-state index in [4.69, 9.17) is 15.2 Å². The lowest BCUT2D eigenvalue weighted by atomic mass is 10.1. The minimum atomic E-state index is 0.0668. The molecule has 3 nitrogen and oxygen atoms in total. The van der Waals surface area contributed by atoms with Gasteiger partial charge in [-0.1, -0.05) is 13.0 Å². The van der Waals surface area contributed by atoms with Crippen LogP contribution in [-0.2, 0) is 0 Å². The SMILES string of the molecule is CCSCC(N)c1ccc2c(c1)OCCCO2.